The number of sulfonamides is 1. The largest absolute Gasteiger partial charge is 0.361 e. The van der Waals surface area contributed by atoms with Crippen LogP contribution in [-0.2, 0) is 10.0 Å². The van der Waals surface area contributed by atoms with E-state index in [0.29, 0.717) is 5.92 Å². The first-order valence-corrected chi connectivity index (χ1v) is 11.5. The van der Waals surface area contributed by atoms with Gasteiger partial charge in [0.25, 0.3) is 0 Å². The SMILES string of the molecule is CC(C)S(=O)(=O)NC1CCC(CNc2nc(-c3cccnc3)cs2)CC1. The normalized spacial score (nSPS) is 21.0. The van der Waals surface area contributed by atoms with Crippen molar-refractivity contribution in [3.8, 4) is 11.3 Å². The third-order valence-electron chi connectivity index (χ3n) is 4.80. The van der Waals surface area contributed by atoms with Gasteiger partial charge in [-0.3, -0.25) is 4.98 Å². The van der Waals surface area contributed by atoms with Crippen LogP contribution in [0.2, 0.25) is 0 Å². The minimum absolute atomic E-state index is 0.0793. The van der Waals surface area contributed by atoms with Gasteiger partial charge < -0.3 is 5.32 Å². The van der Waals surface area contributed by atoms with E-state index in [1.54, 1.807) is 31.4 Å². The molecule has 2 N–H and O–H groups in total. The van der Waals surface area contributed by atoms with Crippen molar-refractivity contribution in [2.45, 2.75) is 50.8 Å². The average molecular weight is 395 g/mol. The van der Waals surface area contributed by atoms with E-state index in [1.165, 1.54) is 0 Å². The number of aromatic nitrogens is 2. The smallest absolute Gasteiger partial charge is 0.214 e. The van der Waals surface area contributed by atoms with Gasteiger partial charge >= 0.3 is 0 Å². The zero-order valence-corrected chi connectivity index (χ0v) is 16.8. The van der Waals surface area contributed by atoms with E-state index in [9.17, 15) is 8.42 Å². The first kappa shape index (κ1) is 19.3. The zero-order valence-electron chi connectivity index (χ0n) is 15.2. The van der Waals surface area contributed by atoms with Crippen molar-refractivity contribution in [1.82, 2.24) is 14.7 Å². The molecule has 0 saturated heterocycles. The standard InChI is InChI=1S/C18H26N4O2S2/c1-13(2)26(23,24)22-16-7-5-14(6-8-16)10-20-18-21-17(12-25-18)15-4-3-9-19-11-15/h3-4,9,11-14,16,22H,5-8,10H2,1-2H3,(H,20,21). The van der Waals surface area contributed by atoms with Gasteiger partial charge in [0.1, 0.15) is 0 Å². The van der Waals surface area contributed by atoms with Crippen LogP contribution in [0.25, 0.3) is 11.3 Å². The Hall–Kier alpha value is -1.51. The predicted octanol–water partition coefficient (Wildman–Crippen LogP) is 3.50. The van der Waals surface area contributed by atoms with Crippen molar-refractivity contribution in [2.75, 3.05) is 11.9 Å². The Morgan fingerprint density at radius 1 is 1.27 bits per heavy atom. The number of thiazole rings is 1. The monoisotopic (exact) mass is 394 g/mol. The molecule has 142 valence electrons. The molecule has 0 aromatic carbocycles. The number of nitrogens with zero attached hydrogens (tertiary/aromatic N) is 2. The maximum atomic E-state index is 12.0. The molecule has 1 saturated carbocycles. The molecule has 0 spiro atoms. The number of hydrogen-bond donors (Lipinski definition) is 2. The molecule has 0 unspecified atom stereocenters. The summed E-state index contributed by atoms with van der Waals surface area (Å²) in [5, 5.41) is 6.02. The molecule has 3 rings (SSSR count). The molecule has 1 aliphatic carbocycles. The Morgan fingerprint density at radius 2 is 2.04 bits per heavy atom. The first-order chi connectivity index (χ1) is 12.4. The number of anilines is 1. The Kier molecular flexibility index (Phi) is 6.26. The molecule has 2 aromatic rings. The van der Waals surface area contributed by atoms with E-state index in [-0.39, 0.29) is 11.3 Å². The molecule has 0 amide bonds. The van der Waals surface area contributed by atoms with Gasteiger partial charge in [-0.2, -0.15) is 0 Å². The predicted molar refractivity (Wildman–Crippen MR) is 107 cm³/mol. The molecule has 0 radical (unpaired) electrons. The molecule has 1 aliphatic rings. The van der Waals surface area contributed by atoms with E-state index >= 15 is 0 Å². The molecule has 8 heteroatoms. The molecule has 6 nitrogen and oxygen atoms in total. The molecular weight excluding hydrogens is 368 g/mol. The summed E-state index contributed by atoms with van der Waals surface area (Å²) >= 11 is 1.60. The summed E-state index contributed by atoms with van der Waals surface area (Å²) in [5.74, 6) is 0.556. The summed E-state index contributed by atoms with van der Waals surface area (Å²) < 4.78 is 26.8. The quantitative estimate of drug-likeness (QED) is 0.751. The Labute approximate surface area is 159 Å². The van der Waals surface area contributed by atoms with Crippen LogP contribution in [0.15, 0.2) is 29.9 Å². The van der Waals surface area contributed by atoms with Gasteiger partial charge in [0.05, 0.1) is 10.9 Å². The maximum Gasteiger partial charge on any atom is 0.214 e. The second-order valence-electron chi connectivity index (χ2n) is 7.09. The topological polar surface area (TPSA) is 84.0 Å². The zero-order chi connectivity index (χ0) is 18.6. The molecular formula is C18H26N4O2S2. The molecule has 0 atom stereocenters. The van der Waals surface area contributed by atoms with Crippen LogP contribution in [0.4, 0.5) is 5.13 Å². The van der Waals surface area contributed by atoms with Crippen molar-refractivity contribution in [2.24, 2.45) is 5.92 Å². The molecule has 2 aromatic heterocycles. The van der Waals surface area contributed by atoms with Crippen molar-refractivity contribution in [1.29, 1.82) is 0 Å². The van der Waals surface area contributed by atoms with Gasteiger partial charge in [-0.05, 0) is 57.6 Å². The third kappa shape index (κ3) is 5.02. The van der Waals surface area contributed by atoms with Crippen LogP contribution in [0.5, 0.6) is 0 Å². The lowest BCUT2D eigenvalue weighted by Gasteiger charge is -2.29. The summed E-state index contributed by atoms with van der Waals surface area (Å²) in [4.78, 5) is 8.75. The molecule has 1 fully saturated rings. The highest BCUT2D eigenvalue weighted by Crippen LogP contribution is 2.28. The molecule has 2 heterocycles. The van der Waals surface area contributed by atoms with Crippen LogP contribution < -0.4 is 10.0 Å². The van der Waals surface area contributed by atoms with Crippen molar-refractivity contribution >= 4 is 26.5 Å². The fourth-order valence-corrected chi connectivity index (χ4v) is 4.79. The van der Waals surface area contributed by atoms with Crippen LogP contribution >= 0.6 is 11.3 Å². The van der Waals surface area contributed by atoms with Gasteiger partial charge in [0.15, 0.2) is 5.13 Å². The minimum atomic E-state index is -3.17. The number of rotatable bonds is 7. The molecule has 0 bridgehead atoms. The lowest BCUT2D eigenvalue weighted by Crippen LogP contribution is -2.41. The van der Waals surface area contributed by atoms with E-state index in [1.807, 2.05) is 23.7 Å². The lowest BCUT2D eigenvalue weighted by molar-refractivity contribution is 0.323. The second-order valence-corrected chi connectivity index (χ2v) is 10.2. The van der Waals surface area contributed by atoms with Gasteiger partial charge in [0, 0.05) is 35.9 Å². The summed E-state index contributed by atoms with van der Waals surface area (Å²) in [6.45, 7) is 4.31. The van der Waals surface area contributed by atoms with Crippen LogP contribution in [0.3, 0.4) is 0 Å². The van der Waals surface area contributed by atoms with Crippen LogP contribution in [0.1, 0.15) is 39.5 Å². The van der Waals surface area contributed by atoms with E-state index < -0.39 is 10.0 Å². The van der Waals surface area contributed by atoms with E-state index in [4.69, 9.17) is 0 Å². The van der Waals surface area contributed by atoms with Gasteiger partial charge in [-0.1, -0.05) is 0 Å². The Morgan fingerprint density at radius 3 is 2.69 bits per heavy atom. The first-order valence-electron chi connectivity index (χ1n) is 9.05. The third-order valence-corrected chi connectivity index (χ3v) is 7.50. The highest BCUT2D eigenvalue weighted by Gasteiger charge is 2.26. The molecule has 0 aliphatic heterocycles. The summed E-state index contributed by atoms with van der Waals surface area (Å²) in [5.41, 5.74) is 1.96. The van der Waals surface area contributed by atoms with Crippen molar-refractivity contribution in [3.63, 3.8) is 0 Å². The van der Waals surface area contributed by atoms with E-state index in [0.717, 1.165) is 48.6 Å². The highest BCUT2D eigenvalue weighted by molar-refractivity contribution is 7.90. The summed E-state index contributed by atoms with van der Waals surface area (Å²) in [6, 6.07) is 4.00. The van der Waals surface area contributed by atoms with Gasteiger partial charge in [-0.25, -0.2) is 18.1 Å². The van der Waals surface area contributed by atoms with E-state index in [2.05, 4.69) is 20.0 Å². The second kappa shape index (κ2) is 8.45. The minimum Gasteiger partial charge on any atom is -0.361 e. The Bertz CT molecular complexity index is 798. The summed E-state index contributed by atoms with van der Waals surface area (Å²) in [7, 11) is -3.17. The lowest BCUT2D eigenvalue weighted by atomic mass is 9.86. The average Bonchev–Trinajstić information content (AvgIpc) is 3.10. The molecule has 26 heavy (non-hydrogen) atoms. The fraction of sp³-hybridized carbons (Fsp3) is 0.556. The number of hydrogen-bond acceptors (Lipinski definition) is 6. The van der Waals surface area contributed by atoms with Gasteiger partial charge in [0.2, 0.25) is 10.0 Å². The van der Waals surface area contributed by atoms with Gasteiger partial charge in [-0.15, -0.1) is 11.3 Å². The highest BCUT2D eigenvalue weighted by atomic mass is 32.2. The van der Waals surface area contributed by atoms with Crippen LogP contribution in [-0.4, -0.2) is 36.2 Å². The van der Waals surface area contributed by atoms with Crippen molar-refractivity contribution in [3.05, 3.63) is 29.9 Å². The fourth-order valence-electron chi connectivity index (χ4n) is 3.09. The summed E-state index contributed by atoms with van der Waals surface area (Å²) in [6.07, 6.45) is 7.43. The Balaban J connectivity index is 1.45. The number of nitrogens with one attached hydrogen (secondary N) is 2. The van der Waals surface area contributed by atoms with Crippen molar-refractivity contribution < 1.29 is 8.42 Å². The number of pyridine rings is 1. The van der Waals surface area contributed by atoms with Crippen LogP contribution in [0, 0.1) is 5.92 Å². The maximum absolute atomic E-state index is 12.0.